The lowest BCUT2D eigenvalue weighted by Gasteiger charge is -2.33. The molecule has 1 saturated heterocycles. The highest BCUT2D eigenvalue weighted by Gasteiger charge is 2.25. The van der Waals surface area contributed by atoms with Crippen molar-refractivity contribution in [2.75, 3.05) is 40.3 Å². The van der Waals surface area contributed by atoms with Crippen LogP contribution in [0.1, 0.15) is 41.7 Å². The van der Waals surface area contributed by atoms with Gasteiger partial charge in [0.25, 0.3) is 0 Å². The number of aryl methyl sites for hydroxylation is 1. The lowest BCUT2D eigenvalue weighted by molar-refractivity contribution is -0.141. The van der Waals surface area contributed by atoms with Gasteiger partial charge in [-0.3, -0.25) is 9.69 Å². The molecule has 0 spiro atoms. The molecule has 2 unspecified atom stereocenters. The third-order valence-electron chi connectivity index (χ3n) is 7.86. The van der Waals surface area contributed by atoms with Crippen LogP contribution in [0.4, 0.5) is 4.39 Å². The zero-order valence-corrected chi connectivity index (χ0v) is 22.8. The Morgan fingerprint density at radius 1 is 1.15 bits per heavy atom. The van der Waals surface area contributed by atoms with Gasteiger partial charge in [-0.15, -0.1) is 0 Å². The van der Waals surface area contributed by atoms with E-state index in [0.29, 0.717) is 24.4 Å². The molecule has 2 aliphatic heterocycles. The zero-order valence-electron chi connectivity index (χ0n) is 22.8. The number of nitrogens with zero attached hydrogens (tertiary/aromatic N) is 3. The number of ether oxygens (including phenoxy) is 2. The molecule has 0 radical (unpaired) electrons. The second-order valence-electron chi connectivity index (χ2n) is 10.7. The zero-order chi connectivity index (χ0) is 27.5. The third-order valence-corrected chi connectivity index (χ3v) is 7.86. The highest BCUT2D eigenvalue weighted by atomic mass is 19.1. The number of benzene rings is 2. The second kappa shape index (κ2) is 11.7. The van der Waals surface area contributed by atoms with Gasteiger partial charge in [-0.05, 0) is 60.2 Å². The summed E-state index contributed by atoms with van der Waals surface area (Å²) in [7, 11) is 3.66. The molecule has 0 saturated carbocycles. The van der Waals surface area contributed by atoms with E-state index in [-0.39, 0.29) is 11.9 Å². The average Bonchev–Trinajstić information content (AvgIpc) is 2.94. The maximum absolute atomic E-state index is 15.0. The molecule has 2 atom stereocenters. The predicted molar refractivity (Wildman–Crippen MR) is 148 cm³/mol. The summed E-state index contributed by atoms with van der Waals surface area (Å²) in [4.78, 5) is 20.1. The normalized spacial score (nSPS) is 18.7. The number of carboxylic acid groups (broad SMARTS) is 1. The summed E-state index contributed by atoms with van der Waals surface area (Å²) in [6.45, 7) is 6.33. The maximum atomic E-state index is 15.0. The Kier molecular flexibility index (Phi) is 8.14. The maximum Gasteiger partial charge on any atom is 0.306 e. The first kappa shape index (κ1) is 27.1. The molecule has 3 heterocycles. The Balaban J connectivity index is 1.45. The minimum absolute atomic E-state index is 0.137. The van der Waals surface area contributed by atoms with Gasteiger partial charge >= 0.3 is 5.97 Å². The van der Waals surface area contributed by atoms with E-state index in [9.17, 15) is 9.90 Å². The molecule has 0 amide bonds. The minimum atomic E-state index is -0.803. The van der Waals surface area contributed by atoms with Crippen LogP contribution >= 0.6 is 0 Å². The molecule has 1 fully saturated rings. The molecular weight excluding hydrogens is 497 g/mol. The van der Waals surface area contributed by atoms with Crippen molar-refractivity contribution in [1.29, 1.82) is 0 Å². The molecule has 5 rings (SSSR count). The number of hydrogen-bond acceptors (Lipinski definition) is 6. The molecule has 39 heavy (non-hydrogen) atoms. The third kappa shape index (κ3) is 6.23. The summed E-state index contributed by atoms with van der Waals surface area (Å²) in [5.41, 5.74) is 5.50. The van der Waals surface area contributed by atoms with Gasteiger partial charge in [0.2, 0.25) is 5.88 Å². The fraction of sp³-hybridized carbons (Fsp3) is 0.419. The summed E-state index contributed by atoms with van der Waals surface area (Å²) < 4.78 is 26.8. The van der Waals surface area contributed by atoms with Gasteiger partial charge in [-0.2, -0.15) is 0 Å². The van der Waals surface area contributed by atoms with Crippen LogP contribution in [0.15, 0.2) is 48.7 Å². The topological polar surface area (TPSA) is 75.1 Å². The smallest absolute Gasteiger partial charge is 0.306 e. The Morgan fingerprint density at radius 3 is 2.69 bits per heavy atom. The van der Waals surface area contributed by atoms with Crippen LogP contribution in [-0.2, 0) is 24.2 Å². The van der Waals surface area contributed by atoms with Crippen LogP contribution in [0.2, 0.25) is 0 Å². The van der Waals surface area contributed by atoms with E-state index >= 15 is 4.39 Å². The fourth-order valence-corrected chi connectivity index (χ4v) is 5.41. The first-order valence-corrected chi connectivity index (χ1v) is 13.6. The average molecular weight is 534 g/mol. The Morgan fingerprint density at radius 2 is 1.95 bits per heavy atom. The number of carbonyl (C=O) groups is 1. The van der Waals surface area contributed by atoms with Crippen LogP contribution in [0.3, 0.4) is 0 Å². The predicted octanol–water partition coefficient (Wildman–Crippen LogP) is 4.97. The van der Waals surface area contributed by atoms with Crippen molar-refractivity contribution >= 4 is 5.97 Å². The number of pyridine rings is 1. The summed E-state index contributed by atoms with van der Waals surface area (Å²) >= 11 is 0. The van der Waals surface area contributed by atoms with Crippen LogP contribution in [-0.4, -0.2) is 66.2 Å². The van der Waals surface area contributed by atoms with Crippen molar-refractivity contribution < 1.29 is 23.8 Å². The van der Waals surface area contributed by atoms with E-state index in [1.54, 1.807) is 13.0 Å². The lowest BCUT2D eigenvalue weighted by Crippen LogP contribution is -2.43. The molecule has 1 aromatic heterocycles. The van der Waals surface area contributed by atoms with Gasteiger partial charge in [0.1, 0.15) is 17.7 Å². The van der Waals surface area contributed by atoms with Gasteiger partial charge in [-0.1, -0.05) is 37.3 Å². The van der Waals surface area contributed by atoms with Crippen molar-refractivity contribution in [2.45, 2.75) is 38.8 Å². The van der Waals surface area contributed by atoms with E-state index in [2.05, 4.69) is 34.0 Å². The van der Waals surface area contributed by atoms with Gasteiger partial charge in [0.15, 0.2) is 0 Å². The van der Waals surface area contributed by atoms with E-state index in [4.69, 9.17) is 9.47 Å². The molecule has 0 bridgehead atoms. The highest BCUT2D eigenvalue weighted by molar-refractivity contribution is 5.70. The fourth-order valence-electron chi connectivity index (χ4n) is 5.41. The summed E-state index contributed by atoms with van der Waals surface area (Å²) in [5.74, 6) is -0.451. The Bertz CT molecular complexity index is 1340. The van der Waals surface area contributed by atoms with E-state index in [0.717, 1.165) is 72.6 Å². The molecule has 8 heteroatoms. The summed E-state index contributed by atoms with van der Waals surface area (Å²) in [5, 5.41) is 9.31. The number of methoxy groups -OCH3 is 1. The number of fused-ring (bicyclic) bond motifs is 1. The number of rotatable bonds is 8. The molecular formula is C31H36FN3O4. The van der Waals surface area contributed by atoms with Crippen molar-refractivity contribution in [1.82, 2.24) is 14.8 Å². The monoisotopic (exact) mass is 533 g/mol. The first-order valence-electron chi connectivity index (χ1n) is 13.6. The van der Waals surface area contributed by atoms with Gasteiger partial charge in [-0.25, -0.2) is 9.37 Å². The van der Waals surface area contributed by atoms with Gasteiger partial charge in [0, 0.05) is 44.4 Å². The molecule has 206 valence electrons. The number of halogens is 1. The summed E-state index contributed by atoms with van der Waals surface area (Å²) in [6.07, 6.45) is 3.25. The van der Waals surface area contributed by atoms with Gasteiger partial charge in [0.05, 0.1) is 19.2 Å². The van der Waals surface area contributed by atoms with Gasteiger partial charge < -0.3 is 19.5 Å². The number of aromatic nitrogens is 1. The quantitative estimate of drug-likeness (QED) is 0.438. The SMILES string of the molecule is COc1cc(-c2ccc(C3CCc4ccc(CC(C)C(=O)O)cc4O3)cc2CN2CCN(C)CC2)c(F)cn1. The number of hydrogen-bond donors (Lipinski definition) is 1. The van der Waals surface area contributed by atoms with Crippen molar-refractivity contribution in [3.05, 3.63) is 76.7 Å². The van der Waals surface area contributed by atoms with E-state index in [1.807, 2.05) is 24.3 Å². The number of aliphatic carboxylic acids is 1. The Labute approximate surface area is 229 Å². The second-order valence-corrected chi connectivity index (χ2v) is 10.7. The molecule has 0 aliphatic carbocycles. The first-order chi connectivity index (χ1) is 18.8. The summed E-state index contributed by atoms with van der Waals surface area (Å²) in [6, 6.07) is 13.9. The van der Waals surface area contributed by atoms with E-state index < -0.39 is 11.9 Å². The van der Waals surface area contributed by atoms with E-state index in [1.165, 1.54) is 13.3 Å². The lowest BCUT2D eigenvalue weighted by atomic mass is 9.91. The molecule has 2 aromatic carbocycles. The largest absolute Gasteiger partial charge is 0.485 e. The van der Waals surface area contributed by atoms with Crippen LogP contribution in [0, 0.1) is 11.7 Å². The van der Waals surface area contributed by atoms with Crippen molar-refractivity contribution in [3.63, 3.8) is 0 Å². The highest BCUT2D eigenvalue weighted by Crippen LogP contribution is 2.38. The molecule has 3 aromatic rings. The van der Waals surface area contributed by atoms with Crippen LogP contribution < -0.4 is 9.47 Å². The molecule has 1 N–H and O–H groups in total. The number of piperazine rings is 1. The Hall–Kier alpha value is -3.49. The number of likely N-dealkylation sites (N-methyl/N-ethyl adjacent to an activating group) is 1. The minimum Gasteiger partial charge on any atom is -0.485 e. The standard InChI is InChI=1S/C31H36FN3O4/c1-20(31(36)37)14-21-4-5-22-7-9-28(39-29(22)15-21)23-6-8-25(26-17-30(38-3)33-18-27(26)32)24(16-23)19-35-12-10-34(2)11-13-35/h4-6,8,15-18,20,28H,7,9-14,19H2,1-3H3,(H,36,37). The molecule has 7 nitrogen and oxygen atoms in total. The van der Waals surface area contributed by atoms with Crippen LogP contribution in [0.5, 0.6) is 11.6 Å². The van der Waals surface area contributed by atoms with Crippen molar-refractivity contribution in [2.24, 2.45) is 5.92 Å². The van der Waals surface area contributed by atoms with Crippen molar-refractivity contribution in [3.8, 4) is 22.8 Å². The molecule has 2 aliphatic rings. The number of carboxylic acids is 1. The van der Waals surface area contributed by atoms with Crippen LogP contribution in [0.25, 0.3) is 11.1 Å².